The summed E-state index contributed by atoms with van der Waals surface area (Å²) in [6, 6.07) is 13.6. The first-order valence-corrected chi connectivity index (χ1v) is 9.71. The number of nitrogens with one attached hydrogen (secondary N) is 1. The number of benzene rings is 2. The fourth-order valence-corrected chi connectivity index (χ4v) is 3.62. The Morgan fingerprint density at radius 3 is 2.52 bits per heavy atom. The van der Waals surface area contributed by atoms with Gasteiger partial charge in [-0.05, 0) is 18.4 Å². The Labute approximate surface area is 169 Å². The van der Waals surface area contributed by atoms with Crippen molar-refractivity contribution in [2.75, 3.05) is 31.5 Å². The molecule has 3 aromatic rings. The normalized spacial score (nSPS) is 15.8. The van der Waals surface area contributed by atoms with Crippen LogP contribution in [-0.2, 0) is 4.79 Å². The van der Waals surface area contributed by atoms with Gasteiger partial charge in [-0.25, -0.2) is 4.98 Å². The van der Waals surface area contributed by atoms with E-state index in [9.17, 15) is 9.59 Å². The van der Waals surface area contributed by atoms with Gasteiger partial charge in [0.05, 0.1) is 12.2 Å². The van der Waals surface area contributed by atoms with Crippen LogP contribution in [0.5, 0.6) is 0 Å². The maximum atomic E-state index is 12.8. The highest BCUT2D eigenvalue weighted by Crippen LogP contribution is 2.23. The van der Waals surface area contributed by atoms with Crippen molar-refractivity contribution in [3.8, 4) is 0 Å². The van der Waals surface area contributed by atoms with Gasteiger partial charge in [0, 0.05) is 49.6 Å². The quantitative estimate of drug-likeness (QED) is 0.741. The van der Waals surface area contributed by atoms with Crippen LogP contribution in [-0.4, -0.2) is 63.8 Å². The molecule has 1 unspecified atom stereocenters. The first kappa shape index (κ1) is 19.0. The van der Waals surface area contributed by atoms with Crippen LogP contribution >= 0.6 is 0 Å². The van der Waals surface area contributed by atoms with E-state index in [0.29, 0.717) is 31.9 Å². The molecule has 0 bridgehead atoms. The molecule has 0 radical (unpaired) electrons. The van der Waals surface area contributed by atoms with E-state index in [-0.39, 0.29) is 17.9 Å². The average molecular weight is 389 g/mol. The smallest absolute Gasteiger partial charge is 0.274 e. The number of anilines is 1. The van der Waals surface area contributed by atoms with Crippen molar-refractivity contribution < 1.29 is 9.59 Å². The fraction of sp³-hybridized carbons (Fsp3) is 0.273. The SMILES string of the molecule is CC(C(=O)Nc1cccc2ccccc12)N1CCN(C(=O)c2cnccn2)CC1. The third-order valence-corrected chi connectivity index (χ3v) is 5.36. The molecular weight excluding hydrogens is 366 g/mol. The van der Waals surface area contributed by atoms with Gasteiger partial charge in [0.25, 0.3) is 5.91 Å². The predicted octanol–water partition coefficient (Wildman–Crippen LogP) is 2.41. The van der Waals surface area contributed by atoms with Crippen LogP contribution in [0.15, 0.2) is 61.1 Å². The van der Waals surface area contributed by atoms with Crippen LogP contribution in [0.1, 0.15) is 17.4 Å². The Kier molecular flexibility index (Phi) is 5.48. The fourth-order valence-electron chi connectivity index (χ4n) is 3.62. The Balaban J connectivity index is 1.37. The number of hydrogen-bond acceptors (Lipinski definition) is 5. The van der Waals surface area contributed by atoms with Crippen LogP contribution in [0.3, 0.4) is 0 Å². The number of carbonyl (C=O) groups is 2. The Morgan fingerprint density at radius 1 is 1.00 bits per heavy atom. The summed E-state index contributed by atoms with van der Waals surface area (Å²) in [5.74, 6) is -0.166. The predicted molar refractivity (Wildman–Crippen MR) is 112 cm³/mol. The van der Waals surface area contributed by atoms with Crippen molar-refractivity contribution in [3.05, 3.63) is 66.7 Å². The van der Waals surface area contributed by atoms with Crippen molar-refractivity contribution in [3.63, 3.8) is 0 Å². The van der Waals surface area contributed by atoms with Gasteiger partial charge in [0.1, 0.15) is 5.69 Å². The highest BCUT2D eigenvalue weighted by molar-refractivity contribution is 6.03. The summed E-state index contributed by atoms with van der Waals surface area (Å²) in [5.41, 5.74) is 1.17. The molecule has 2 aromatic carbocycles. The highest BCUT2D eigenvalue weighted by Gasteiger charge is 2.28. The first-order chi connectivity index (χ1) is 14.1. The molecule has 1 atom stereocenters. The second-order valence-electron chi connectivity index (χ2n) is 7.11. The molecule has 1 saturated heterocycles. The second kappa shape index (κ2) is 8.36. The van der Waals surface area contributed by atoms with Crippen LogP contribution in [0.2, 0.25) is 0 Å². The van der Waals surface area contributed by atoms with Crippen LogP contribution in [0.25, 0.3) is 10.8 Å². The van der Waals surface area contributed by atoms with Crippen LogP contribution in [0.4, 0.5) is 5.69 Å². The Bertz CT molecular complexity index is 1010. The molecular formula is C22H23N5O2. The molecule has 7 nitrogen and oxygen atoms in total. The van der Waals surface area contributed by atoms with Gasteiger partial charge in [-0.15, -0.1) is 0 Å². The van der Waals surface area contributed by atoms with Crippen LogP contribution < -0.4 is 5.32 Å². The molecule has 1 N–H and O–H groups in total. The number of piperazine rings is 1. The number of amides is 2. The van der Waals surface area contributed by atoms with Gasteiger partial charge in [0.2, 0.25) is 5.91 Å². The van der Waals surface area contributed by atoms with Crippen molar-refractivity contribution in [2.24, 2.45) is 0 Å². The zero-order valence-electron chi connectivity index (χ0n) is 16.3. The minimum atomic E-state index is -0.289. The molecule has 1 fully saturated rings. The van der Waals surface area contributed by atoms with E-state index in [1.54, 1.807) is 11.1 Å². The standard InChI is InChI=1S/C22H23N5O2/c1-16(21(28)25-19-8-4-6-17-5-2-3-7-18(17)19)26-11-13-27(14-12-26)22(29)20-15-23-9-10-24-20/h2-10,15-16H,11-14H2,1H3,(H,25,28). The Hall–Kier alpha value is -3.32. The summed E-state index contributed by atoms with van der Waals surface area (Å²) >= 11 is 0. The zero-order chi connectivity index (χ0) is 20.2. The molecule has 4 rings (SSSR count). The van der Waals surface area contributed by atoms with E-state index in [1.807, 2.05) is 49.4 Å². The van der Waals surface area contributed by atoms with Crippen molar-refractivity contribution in [1.82, 2.24) is 19.8 Å². The van der Waals surface area contributed by atoms with E-state index >= 15 is 0 Å². The topological polar surface area (TPSA) is 78.4 Å². The lowest BCUT2D eigenvalue weighted by molar-refractivity contribution is -0.121. The monoisotopic (exact) mass is 389 g/mol. The minimum Gasteiger partial charge on any atom is -0.335 e. The van der Waals surface area contributed by atoms with E-state index in [4.69, 9.17) is 0 Å². The first-order valence-electron chi connectivity index (χ1n) is 9.71. The van der Waals surface area contributed by atoms with Gasteiger partial charge in [-0.3, -0.25) is 19.5 Å². The lowest BCUT2D eigenvalue weighted by Gasteiger charge is -2.37. The van der Waals surface area contributed by atoms with E-state index in [0.717, 1.165) is 16.5 Å². The number of fused-ring (bicyclic) bond motifs is 1. The van der Waals surface area contributed by atoms with Gasteiger partial charge < -0.3 is 10.2 Å². The molecule has 0 saturated carbocycles. The van der Waals surface area contributed by atoms with E-state index < -0.39 is 0 Å². The number of nitrogens with zero attached hydrogens (tertiary/aromatic N) is 4. The third-order valence-electron chi connectivity index (χ3n) is 5.36. The summed E-state index contributed by atoms with van der Waals surface area (Å²) in [6.45, 7) is 4.29. The molecule has 1 aromatic heterocycles. The molecule has 148 valence electrons. The van der Waals surface area contributed by atoms with Gasteiger partial charge in [0.15, 0.2) is 0 Å². The largest absolute Gasteiger partial charge is 0.335 e. The zero-order valence-corrected chi connectivity index (χ0v) is 16.3. The van der Waals surface area contributed by atoms with Gasteiger partial charge in [-0.1, -0.05) is 36.4 Å². The summed E-state index contributed by atoms with van der Waals surface area (Å²) in [6.07, 6.45) is 4.54. The number of rotatable bonds is 4. The highest BCUT2D eigenvalue weighted by atomic mass is 16.2. The minimum absolute atomic E-state index is 0.0462. The third kappa shape index (κ3) is 4.09. The molecule has 29 heavy (non-hydrogen) atoms. The number of hydrogen-bond donors (Lipinski definition) is 1. The summed E-state index contributed by atoms with van der Waals surface area (Å²) in [4.78, 5) is 37.2. The van der Waals surface area contributed by atoms with Crippen molar-refractivity contribution in [2.45, 2.75) is 13.0 Å². The number of carbonyl (C=O) groups excluding carboxylic acids is 2. The second-order valence-corrected chi connectivity index (χ2v) is 7.11. The number of aromatic nitrogens is 2. The van der Waals surface area contributed by atoms with Crippen molar-refractivity contribution >= 4 is 28.3 Å². The lowest BCUT2D eigenvalue weighted by Crippen LogP contribution is -2.54. The summed E-state index contributed by atoms with van der Waals surface area (Å²) in [5, 5.41) is 5.18. The molecule has 2 heterocycles. The average Bonchev–Trinajstić information content (AvgIpc) is 2.79. The molecule has 0 spiro atoms. The summed E-state index contributed by atoms with van der Waals surface area (Å²) in [7, 11) is 0. The lowest BCUT2D eigenvalue weighted by atomic mass is 10.1. The maximum Gasteiger partial charge on any atom is 0.274 e. The van der Waals surface area contributed by atoms with E-state index in [1.165, 1.54) is 12.4 Å². The Morgan fingerprint density at radius 2 is 1.76 bits per heavy atom. The maximum absolute atomic E-state index is 12.8. The molecule has 1 aliphatic heterocycles. The van der Waals surface area contributed by atoms with Gasteiger partial charge >= 0.3 is 0 Å². The summed E-state index contributed by atoms with van der Waals surface area (Å²) < 4.78 is 0. The van der Waals surface area contributed by atoms with Gasteiger partial charge in [-0.2, -0.15) is 0 Å². The molecule has 1 aliphatic rings. The molecule has 7 heteroatoms. The van der Waals surface area contributed by atoms with Crippen LogP contribution in [0, 0.1) is 0 Å². The molecule has 2 amide bonds. The van der Waals surface area contributed by atoms with Crippen molar-refractivity contribution in [1.29, 1.82) is 0 Å². The molecule has 0 aliphatic carbocycles. The van der Waals surface area contributed by atoms with E-state index in [2.05, 4.69) is 20.2 Å².